The molecule has 14 heavy (non-hydrogen) atoms. The molecular weight excluding hydrogens is 327 g/mol. The third-order valence-electron chi connectivity index (χ3n) is 2.02. The minimum Gasteiger partial charge on any atom is -0.117 e. The molecule has 0 bridgehead atoms. The van der Waals surface area contributed by atoms with E-state index in [1.807, 2.05) is 6.07 Å². The van der Waals surface area contributed by atoms with Gasteiger partial charge in [0.1, 0.15) is 0 Å². The quantitative estimate of drug-likeness (QED) is 0.645. The van der Waals surface area contributed by atoms with Crippen LogP contribution in [0.4, 0.5) is 0 Å². The van der Waals surface area contributed by atoms with Gasteiger partial charge in [-0.15, -0.1) is 11.3 Å². The lowest BCUT2D eigenvalue weighted by molar-refractivity contribution is 1.47. The standard InChI is InChI=1S/C11H8ClIS/c1-7-2-4-8(5-3-7)9-6-10(12)14-11(9)13/h2-6H,1H3. The second-order valence-electron chi connectivity index (χ2n) is 3.10. The van der Waals surface area contributed by atoms with E-state index in [1.165, 1.54) is 19.6 Å². The monoisotopic (exact) mass is 334 g/mol. The van der Waals surface area contributed by atoms with Gasteiger partial charge in [0.15, 0.2) is 0 Å². The van der Waals surface area contributed by atoms with Gasteiger partial charge in [-0.1, -0.05) is 41.4 Å². The van der Waals surface area contributed by atoms with Gasteiger partial charge in [-0.25, -0.2) is 0 Å². The van der Waals surface area contributed by atoms with Gasteiger partial charge < -0.3 is 0 Å². The molecule has 0 saturated heterocycles. The maximum Gasteiger partial charge on any atom is 0.0946 e. The zero-order valence-corrected chi connectivity index (χ0v) is 11.3. The van der Waals surface area contributed by atoms with E-state index in [9.17, 15) is 0 Å². The van der Waals surface area contributed by atoms with Crippen LogP contribution in [0.5, 0.6) is 0 Å². The number of halogens is 2. The Kier molecular flexibility index (Phi) is 3.14. The van der Waals surface area contributed by atoms with Gasteiger partial charge in [-0.05, 0) is 41.1 Å². The Labute approximate surface area is 106 Å². The highest BCUT2D eigenvalue weighted by Crippen LogP contribution is 2.35. The molecule has 0 aliphatic carbocycles. The summed E-state index contributed by atoms with van der Waals surface area (Å²) in [7, 11) is 0. The van der Waals surface area contributed by atoms with Crippen molar-refractivity contribution in [3.63, 3.8) is 0 Å². The van der Waals surface area contributed by atoms with Gasteiger partial charge in [0.05, 0.1) is 7.22 Å². The van der Waals surface area contributed by atoms with Crippen LogP contribution < -0.4 is 0 Å². The Morgan fingerprint density at radius 1 is 1.21 bits per heavy atom. The fourth-order valence-corrected chi connectivity index (χ4v) is 3.81. The maximum atomic E-state index is 5.96. The van der Waals surface area contributed by atoms with Crippen molar-refractivity contribution in [2.75, 3.05) is 0 Å². The molecule has 0 amide bonds. The first-order valence-corrected chi connectivity index (χ1v) is 6.46. The minimum atomic E-state index is 0.852. The molecule has 0 spiro atoms. The molecule has 1 heterocycles. The first-order valence-electron chi connectivity index (χ1n) is 4.18. The fraction of sp³-hybridized carbons (Fsp3) is 0.0909. The van der Waals surface area contributed by atoms with E-state index in [0.29, 0.717) is 0 Å². The molecule has 0 radical (unpaired) electrons. The van der Waals surface area contributed by atoms with E-state index in [2.05, 4.69) is 53.8 Å². The number of benzene rings is 1. The molecule has 0 aliphatic rings. The molecule has 0 N–H and O–H groups in total. The summed E-state index contributed by atoms with van der Waals surface area (Å²) in [5, 5.41) is 0. The lowest BCUT2D eigenvalue weighted by Gasteiger charge is -1.99. The van der Waals surface area contributed by atoms with Gasteiger partial charge in [0.25, 0.3) is 0 Å². The highest BCUT2D eigenvalue weighted by molar-refractivity contribution is 14.1. The minimum absolute atomic E-state index is 0.852. The Balaban J connectivity index is 2.49. The summed E-state index contributed by atoms with van der Waals surface area (Å²) < 4.78 is 2.10. The molecule has 0 atom stereocenters. The Bertz CT molecular complexity index is 445. The van der Waals surface area contributed by atoms with Crippen molar-refractivity contribution in [2.24, 2.45) is 0 Å². The summed E-state index contributed by atoms with van der Waals surface area (Å²) in [5.41, 5.74) is 3.76. The molecule has 1 aromatic heterocycles. The summed E-state index contributed by atoms with van der Waals surface area (Å²) in [5.74, 6) is 0. The number of hydrogen-bond donors (Lipinski definition) is 0. The summed E-state index contributed by atoms with van der Waals surface area (Å²) in [6, 6.07) is 10.5. The van der Waals surface area contributed by atoms with Crippen molar-refractivity contribution in [3.8, 4) is 11.1 Å². The third-order valence-corrected chi connectivity index (χ3v) is 4.31. The first-order chi connectivity index (χ1) is 6.66. The Hall–Kier alpha value is -0.0600. The zero-order valence-electron chi connectivity index (χ0n) is 7.55. The van der Waals surface area contributed by atoms with E-state index in [0.717, 1.165) is 4.34 Å². The lowest BCUT2D eigenvalue weighted by Crippen LogP contribution is -1.76. The van der Waals surface area contributed by atoms with Crippen LogP contribution in [-0.2, 0) is 0 Å². The molecule has 2 rings (SSSR count). The number of aryl methyl sites for hydroxylation is 1. The van der Waals surface area contributed by atoms with Crippen LogP contribution in [0.2, 0.25) is 4.34 Å². The molecule has 0 saturated carbocycles. The molecule has 0 unspecified atom stereocenters. The largest absolute Gasteiger partial charge is 0.117 e. The molecule has 0 fully saturated rings. The van der Waals surface area contributed by atoms with Crippen LogP contribution in [0.25, 0.3) is 11.1 Å². The predicted molar refractivity (Wildman–Crippen MR) is 72.2 cm³/mol. The van der Waals surface area contributed by atoms with Gasteiger partial charge >= 0.3 is 0 Å². The SMILES string of the molecule is Cc1ccc(-c2cc(Cl)sc2I)cc1. The second kappa shape index (κ2) is 4.21. The number of thiophene rings is 1. The van der Waals surface area contributed by atoms with Gasteiger partial charge in [0, 0.05) is 5.56 Å². The van der Waals surface area contributed by atoms with Gasteiger partial charge in [-0.2, -0.15) is 0 Å². The third kappa shape index (κ3) is 2.12. The molecule has 1 aromatic carbocycles. The van der Waals surface area contributed by atoms with Crippen molar-refractivity contribution in [1.29, 1.82) is 0 Å². The van der Waals surface area contributed by atoms with E-state index >= 15 is 0 Å². The normalized spacial score (nSPS) is 10.5. The summed E-state index contributed by atoms with van der Waals surface area (Å²) in [6.45, 7) is 2.09. The maximum absolute atomic E-state index is 5.96. The highest BCUT2D eigenvalue weighted by atomic mass is 127. The average molecular weight is 335 g/mol. The van der Waals surface area contributed by atoms with E-state index in [-0.39, 0.29) is 0 Å². The summed E-state index contributed by atoms with van der Waals surface area (Å²) >= 11 is 9.91. The van der Waals surface area contributed by atoms with Crippen LogP contribution in [0.3, 0.4) is 0 Å². The van der Waals surface area contributed by atoms with Crippen LogP contribution in [0.1, 0.15) is 5.56 Å². The lowest BCUT2D eigenvalue weighted by atomic mass is 10.1. The van der Waals surface area contributed by atoms with E-state index in [4.69, 9.17) is 11.6 Å². The first kappa shape index (κ1) is 10.5. The molecule has 2 aromatic rings. The molecular formula is C11H8ClIS. The topological polar surface area (TPSA) is 0 Å². The van der Waals surface area contributed by atoms with Crippen LogP contribution >= 0.6 is 45.5 Å². The highest BCUT2D eigenvalue weighted by Gasteiger charge is 2.06. The van der Waals surface area contributed by atoms with Crippen LogP contribution in [-0.4, -0.2) is 0 Å². The van der Waals surface area contributed by atoms with Crippen molar-refractivity contribution in [2.45, 2.75) is 6.92 Å². The number of rotatable bonds is 1. The van der Waals surface area contributed by atoms with E-state index in [1.54, 1.807) is 11.3 Å². The van der Waals surface area contributed by atoms with Gasteiger partial charge in [0.2, 0.25) is 0 Å². The molecule has 72 valence electrons. The fourth-order valence-electron chi connectivity index (χ4n) is 1.27. The predicted octanol–water partition coefficient (Wildman–Crippen LogP) is 4.98. The van der Waals surface area contributed by atoms with Gasteiger partial charge in [-0.3, -0.25) is 0 Å². The van der Waals surface area contributed by atoms with Crippen molar-refractivity contribution < 1.29 is 0 Å². The number of hydrogen-bond acceptors (Lipinski definition) is 1. The Morgan fingerprint density at radius 2 is 1.86 bits per heavy atom. The zero-order chi connectivity index (χ0) is 10.1. The van der Waals surface area contributed by atoms with Crippen molar-refractivity contribution in [1.82, 2.24) is 0 Å². The van der Waals surface area contributed by atoms with Crippen LogP contribution in [0.15, 0.2) is 30.3 Å². The molecule has 0 nitrogen and oxygen atoms in total. The van der Waals surface area contributed by atoms with Crippen LogP contribution in [0, 0.1) is 9.81 Å². The Morgan fingerprint density at radius 3 is 2.36 bits per heavy atom. The smallest absolute Gasteiger partial charge is 0.0946 e. The molecule has 0 aliphatic heterocycles. The molecule has 3 heteroatoms. The summed E-state index contributed by atoms with van der Waals surface area (Å²) in [6.07, 6.45) is 0. The van der Waals surface area contributed by atoms with E-state index < -0.39 is 0 Å². The average Bonchev–Trinajstić information content (AvgIpc) is 2.47. The van der Waals surface area contributed by atoms with Crippen molar-refractivity contribution in [3.05, 3.63) is 43.1 Å². The second-order valence-corrected chi connectivity index (χ2v) is 6.60. The summed E-state index contributed by atoms with van der Waals surface area (Å²) in [4.78, 5) is 0. The van der Waals surface area contributed by atoms with Crippen molar-refractivity contribution >= 4 is 45.5 Å².